The minimum absolute atomic E-state index is 0.148. The maximum Gasteiger partial charge on any atom is 0.416 e. The Balaban J connectivity index is 1.84. The van der Waals surface area contributed by atoms with E-state index < -0.39 is 32.3 Å². The summed E-state index contributed by atoms with van der Waals surface area (Å²) in [4.78, 5) is -0.517. The van der Waals surface area contributed by atoms with Crippen molar-refractivity contribution in [2.24, 2.45) is 0 Å². The largest absolute Gasteiger partial charge is 0.493 e. The van der Waals surface area contributed by atoms with Gasteiger partial charge in [0, 0.05) is 18.5 Å². The van der Waals surface area contributed by atoms with E-state index >= 15 is 0 Å². The van der Waals surface area contributed by atoms with Gasteiger partial charge in [0.05, 0.1) is 17.1 Å². The number of rotatable bonds is 4. The minimum Gasteiger partial charge on any atom is -0.493 e. The summed E-state index contributed by atoms with van der Waals surface area (Å²) in [7, 11) is -4.23. The third-order valence-corrected chi connectivity index (χ3v) is 5.59. The molecule has 0 aliphatic carbocycles. The molecule has 2 N–H and O–H groups in total. The SMILES string of the molecule is O=S(=O)(NC[C@@]1(O)CCOc2ccccc21)c1cccc(C(F)(F)F)c1. The summed E-state index contributed by atoms with van der Waals surface area (Å²) in [6.45, 7) is -0.190. The van der Waals surface area contributed by atoms with Crippen LogP contribution in [-0.4, -0.2) is 26.7 Å². The first-order valence-electron chi connectivity index (χ1n) is 7.73. The van der Waals surface area contributed by atoms with Gasteiger partial charge in [-0.2, -0.15) is 13.2 Å². The molecule has 0 saturated carbocycles. The molecule has 9 heteroatoms. The van der Waals surface area contributed by atoms with E-state index in [0.717, 1.165) is 18.2 Å². The average Bonchev–Trinajstić information content (AvgIpc) is 2.60. The zero-order valence-corrected chi connectivity index (χ0v) is 14.3. The highest BCUT2D eigenvalue weighted by Gasteiger charge is 2.37. The Hall–Kier alpha value is -2.10. The van der Waals surface area contributed by atoms with Crippen molar-refractivity contribution >= 4 is 10.0 Å². The maximum atomic E-state index is 12.8. The number of halogens is 3. The summed E-state index contributed by atoms with van der Waals surface area (Å²) in [5.74, 6) is 0.444. The number of aliphatic hydroxyl groups is 1. The number of ether oxygens (including phenoxy) is 1. The molecule has 1 heterocycles. The Morgan fingerprint density at radius 1 is 1.15 bits per heavy atom. The number of sulfonamides is 1. The van der Waals surface area contributed by atoms with E-state index in [1.165, 1.54) is 0 Å². The molecule has 140 valence electrons. The Labute approximate surface area is 148 Å². The second-order valence-electron chi connectivity index (χ2n) is 5.98. The summed E-state index contributed by atoms with van der Waals surface area (Å²) < 4.78 is 70.8. The lowest BCUT2D eigenvalue weighted by Crippen LogP contribution is -2.43. The number of hydrogen-bond acceptors (Lipinski definition) is 4. The predicted octanol–water partition coefficient (Wildman–Crippen LogP) is 2.65. The monoisotopic (exact) mass is 387 g/mol. The maximum absolute atomic E-state index is 12.8. The number of hydrogen-bond donors (Lipinski definition) is 2. The van der Waals surface area contributed by atoms with Crippen molar-refractivity contribution in [2.75, 3.05) is 13.2 Å². The summed E-state index contributed by atoms with van der Waals surface area (Å²) in [6.07, 6.45) is -4.50. The lowest BCUT2D eigenvalue weighted by Gasteiger charge is -2.34. The average molecular weight is 387 g/mol. The quantitative estimate of drug-likeness (QED) is 0.846. The fraction of sp³-hybridized carbons (Fsp3) is 0.294. The molecular weight excluding hydrogens is 371 g/mol. The number of alkyl halides is 3. The van der Waals surface area contributed by atoms with Crippen LogP contribution >= 0.6 is 0 Å². The summed E-state index contributed by atoms with van der Waals surface area (Å²) >= 11 is 0. The van der Waals surface area contributed by atoms with Gasteiger partial charge in [0.1, 0.15) is 11.4 Å². The third kappa shape index (κ3) is 3.69. The number of para-hydroxylation sites is 1. The van der Waals surface area contributed by atoms with Gasteiger partial charge in [0.2, 0.25) is 10.0 Å². The molecule has 0 unspecified atom stereocenters. The molecule has 2 aromatic carbocycles. The molecule has 0 saturated heterocycles. The Morgan fingerprint density at radius 2 is 1.88 bits per heavy atom. The molecule has 5 nitrogen and oxygen atoms in total. The molecule has 26 heavy (non-hydrogen) atoms. The van der Waals surface area contributed by atoms with Crippen LogP contribution in [0.1, 0.15) is 17.5 Å². The van der Waals surface area contributed by atoms with Crippen LogP contribution in [0.4, 0.5) is 13.2 Å². The lowest BCUT2D eigenvalue weighted by atomic mass is 9.88. The van der Waals surface area contributed by atoms with Gasteiger partial charge in [-0.15, -0.1) is 0 Å². The molecule has 0 amide bonds. The van der Waals surface area contributed by atoms with Crippen LogP contribution < -0.4 is 9.46 Å². The number of fused-ring (bicyclic) bond motifs is 1. The fourth-order valence-corrected chi connectivity index (χ4v) is 3.90. The highest BCUT2D eigenvalue weighted by atomic mass is 32.2. The molecule has 0 radical (unpaired) electrons. The van der Waals surface area contributed by atoms with Crippen molar-refractivity contribution in [3.8, 4) is 5.75 Å². The fourth-order valence-electron chi connectivity index (χ4n) is 2.76. The van der Waals surface area contributed by atoms with Gasteiger partial charge in [-0.25, -0.2) is 13.1 Å². The molecule has 1 aliphatic rings. The van der Waals surface area contributed by atoms with Gasteiger partial charge >= 0.3 is 6.18 Å². The molecule has 0 bridgehead atoms. The topological polar surface area (TPSA) is 75.6 Å². The van der Waals surface area contributed by atoms with Crippen molar-refractivity contribution < 1.29 is 31.4 Å². The van der Waals surface area contributed by atoms with E-state index in [-0.39, 0.29) is 19.6 Å². The van der Waals surface area contributed by atoms with E-state index in [1.54, 1.807) is 24.3 Å². The first-order valence-corrected chi connectivity index (χ1v) is 9.22. The lowest BCUT2D eigenvalue weighted by molar-refractivity contribution is -0.137. The highest BCUT2D eigenvalue weighted by molar-refractivity contribution is 7.89. The van der Waals surface area contributed by atoms with E-state index in [1.807, 2.05) is 0 Å². The Kier molecular flexibility index (Phi) is 4.72. The number of benzene rings is 2. The molecule has 2 aromatic rings. The molecule has 1 atom stereocenters. The van der Waals surface area contributed by atoms with Crippen molar-refractivity contribution in [1.82, 2.24) is 4.72 Å². The van der Waals surface area contributed by atoms with Crippen molar-refractivity contribution in [2.45, 2.75) is 23.1 Å². The van der Waals surface area contributed by atoms with Crippen LogP contribution in [0.25, 0.3) is 0 Å². The molecular formula is C17H16F3NO4S. The van der Waals surface area contributed by atoms with E-state index in [2.05, 4.69) is 4.72 Å². The van der Waals surface area contributed by atoms with Crippen LogP contribution in [0.2, 0.25) is 0 Å². The van der Waals surface area contributed by atoms with Crippen LogP contribution in [0.3, 0.4) is 0 Å². The Morgan fingerprint density at radius 3 is 2.62 bits per heavy atom. The van der Waals surface area contributed by atoms with Gasteiger partial charge in [-0.3, -0.25) is 0 Å². The molecule has 3 rings (SSSR count). The first kappa shape index (κ1) is 18.7. The van der Waals surface area contributed by atoms with Crippen LogP contribution in [-0.2, 0) is 21.8 Å². The van der Waals surface area contributed by atoms with E-state index in [0.29, 0.717) is 17.4 Å². The molecule has 0 fully saturated rings. The smallest absolute Gasteiger partial charge is 0.416 e. The van der Waals surface area contributed by atoms with Gasteiger partial charge in [-0.1, -0.05) is 24.3 Å². The molecule has 0 spiro atoms. The minimum atomic E-state index is -4.65. The second kappa shape index (κ2) is 6.57. The zero-order chi connectivity index (χ0) is 19.0. The van der Waals surface area contributed by atoms with Crippen LogP contribution in [0, 0.1) is 0 Å². The number of nitrogens with one attached hydrogen (secondary N) is 1. The first-order chi connectivity index (χ1) is 12.1. The van der Waals surface area contributed by atoms with Crippen LogP contribution in [0.5, 0.6) is 5.75 Å². The van der Waals surface area contributed by atoms with Crippen molar-refractivity contribution in [1.29, 1.82) is 0 Å². The van der Waals surface area contributed by atoms with Gasteiger partial charge in [-0.05, 0) is 24.3 Å². The normalized spacial score (nSPS) is 20.3. The van der Waals surface area contributed by atoms with Gasteiger partial charge in [0.15, 0.2) is 0 Å². The predicted molar refractivity (Wildman–Crippen MR) is 87.1 cm³/mol. The van der Waals surface area contributed by atoms with Crippen LogP contribution in [0.15, 0.2) is 53.4 Å². The third-order valence-electron chi connectivity index (χ3n) is 4.19. The standard InChI is InChI=1S/C17H16F3NO4S/c18-17(19,20)12-4-3-5-13(10-12)26(23,24)21-11-16(22)8-9-25-15-7-2-1-6-14(15)16/h1-7,10,21-22H,8-9,11H2/t16-/m0/s1. The summed E-state index contributed by atoms with van der Waals surface area (Å²) in [6, 6.07) is 10.1. The van der Waals surface area contributed by atoms with Crippen molar-refractivity contribution in [3.63, 3.8) is 0 Å². The molecule has 0 aromatic heterocycles. The zero-order valence-electron chi connectivity index (χ0n) is 13.5. The summed E-state index contributed by atoms with van der Waals surface area (Å²) in [5, 5.41) is 10.8. The van der Waals surface area contributed by atoms with E-state index in [4.69, 9.17) is 4.74 Å². The van der Waals surface area contributed by atoms with Gasteiger partial charge < -0.3 is 9.84 Å². The second-order valence-corrected chi connectivity index (χ2v) is 7.74. The van der Waals surface area contributed by atoms with E-state index in [9.17, 15) is 26.7 Å². The Bertz CT molecular complexity index is 914. The summed E-state index contributed by atoms with van der Waals surface area (Å²) in [5.41, 5.74) is -2.14. The highest BCUT2D eigenvalue weighted by Crippen LogP contribution is 2.36. The molecule has 1 aliphatic heterocycles. The van der Waals surface area contributed by atoms with Gasteiger partial charge in [0.25, 0.3) is 0 Å². The van der Waals surface area contributed by atoms with Crippen molar-refractivity contribution in [3.05, 3.63) is 59.7 Å².